The number of hydrogen-bond donors (Lipinski definition) is 0. The number of esters is 4. The highest BCUT2D eigenvalue weighted by Crippen LogP contribution is 2.60. The van der Waals surface area contributed by atoms with Crippen LogP contribution in [0, 0.1) is 0 Å². The minimum Gasteiger partial charge on any atom is -0.466 e. The van der Waals surface area contributed by atoms with Crippen LogP contribution in [0.3, 0.4) is 0 Å². The Labute approximate surface area is 215 Å². The molecule has 0 saturated heterocycles. The summed E-state index contributed by atoms with van der Waals surface area (Å²) in [4.78, 5) is 54.7. The highest BCUT2D eigenvalue weighted by molar-refractivity contribution is 7.10. The predicted octanol–water partition coefficient (Wildman–Crippen LogP) is 2.69. The summed E-state index contributed by atoms with van der Waals surface area (Å²) in [6.07, 6.45) is 0. The Hall–Kier alpha value is -3.64. The van der Waals surface area contributed by atoms with Crippen molar-refractivity contribution >= 4 is 46.6 Å². The van der Waals surface area contributed by atoms with Crippen LogP contribution in [0.1, 0.15) is 23.6 Å². The third-order valence-electron chi connectivity index (χ3n) is 6.46. The van der Waals surface area contributed by atoms with Crippen LogP contribution >= 0.6 is 22.7 Å². The summed E-state index contributed by atoms with van der Waals surface area (Å²) in [6.45, 7) is 3.35. The van der Waals surface area contributed by atoms with E-state index in [1.165, 1.54) is 61.1 Å². The fourth-order valence-electron chi connectivity index (χ4n) is 4.86. The van der Waals surface area contributed by atoms with E-state index < -0.39 is 35.0 Å². The Bertz CT molecular complexity index is 1200. The molecule has 0 fully saturated rings. The topological polar surface area (TPSA) is 112 Å². The first kappa shape index (κ1) is 25.5. The molecular formula is C24H24N2O8S2. The lowest BCUT2D eigenvalue weighted by molar-refractivity contribution is -0.148. The number of hydrogen-bond acceptors (Lipinski definition) is 12. The SMILES string of the molecule is COC(=O)C1=C(C(=O)OC)C(C)(c2cccs2)N2C(C(=O)OC)=C(C(=O)OC)C(C)(c3cccs3)N12. The highest BCUT2D eigenvalue weighted by Gasteiger charge is 2.68. The minimum absolute atomic E-state index is 0.0487. The zero-order valence-electron chi connectivity index (χ0n) is 20.4. The summed E-state index contributed by atoms with van der Waals surface area (Å²) in [6, 6.07) is 7.08. The number of fused-ring (bicyclic) bond motifs is 1. The van der Waals surface area contributed by atoms with Crippen LogP contribution in [0.15, 0.2) is 57.6 Å². The number of carbonyl (C=O) groups excluding carboxylic acids is 4. The molecule has 0 saturated carbocycles. The molecule has 0 spiro atoms. The Kier molecular flexibility index (Phi) is 6.43. The lowest BCUT2D eigenvalue weighted by atomic mass is 9.85. The van der Waals surface area contributed by atoms with Crippen molar-refractivity contribution in [2.75, 3.05) is 28.4 Å². The molecule has 2 aromatic rings. The molecule has 2 unspecified atom stereocenters. The first-order valence-corrected chi connectivity index (χ1v) is 12.4. The van der Waals surface area contributed by atoms with E-state index in [1.807, 2.05) is 0 Å². The van der Waals surface area contributed by atoms with Crippen LogP contribution in [0.5, 0.6) is 0 Å². The van der Waals surface area contributed by atoms with Gasteiger partial charge in [-0.25, -0.2) is 19.2 Å². The van der Waals surface area contributed by atoms with Gasteiger partial charge in [-0.1, -0.05) is 12.1 Å². The number of methoxy groups -OCH3 is 4. The number of hydrazine groups is 1. The largest absolute Gasteiger partial charge is 0.466 e. The lowest BCUT2D eigenvalue weighted by Gasteiger charge is -2.43. The number of carbonyl (C=O) groups is 4. The molecule has 2 atom stereocenters. The van der Waals surface area contributed by atoms with Crippen LogP contribution in [-0.4, -0.2) is 62.3 Å². The second kappa shape index (κ2) is 9.10. The number of ether oxygens (including phenoxy) is 4. The Balaban J connectivity index is 2.22. The normalized spacial score (nSPS) is 23.1. The summed E-state index contributed by atoms with van der Waals surface area (Å²) < 4.78 is 20.5. The van der Waals surface area contributed by atoms with E-state index in [0.717, 1.165) is 0 Å². The van der Waals surface area contributed by atoms with Gasteiger partial charge in [0.25, 0.3) is 0 Å². The summed E-state index contributed by atoms with van der Waals surface area (Å²) in [5.41, 5.74) is -3.35. The van der Waals surface area contributed by atoms with Gasteiger partial charge >= 0.3 is 23.9 Å². The number of thiophene rings is 2. The number of rotatable bonds is 6. The maximum atomic E-state index is 13.4. The van der Waals surface area contributed by atoms with Gasteiger partial charge in [0.15, 0.2) is 11.4 Å². The Morgan fingerprint density at radius 3 is 1.22 bits per heavy atom. The first-order valence-electron chi connectivity index (χ1n) is 10.7. The van der Waals surface area contributed by atoms with Gasteiger partial charge in [-0.05, 0) is 36.7 Å². The van der Waals surface area contributed by atoms with Crippen molar-refractivity contribution in [3.05, 3.63) is 67.3 Å². The minimum atomic E-state index is -1.46. The Morgan fingerprint density at radius 1 is 0.639 bits per heavy atom. The molecular weight excluding hydrogens is 508 g/mol. The molecule has 10 nitrogen and oxygen atoms in total. The van der Waals surface area contributed by atoms with Gasteiger partial charge in [-0.3, -0.25) is 10.0 Å². The van der Waals surface area contributed by atoms with E-state index in [-0.39, 0.29) is 22.5 Å². The average molecular weight is 533 g/mol. The van der Waals surface area contributed by atoms with E-state index in [9.17, 15) is 19.2 Å². The molecule has 4 rings (SSSR count). The molecule has 12 heteroatoms. The van der Waals surface area contributed by atoms with Crippen molar-refractivity contribution in [1.82, 2.24) is 10.0 Å². The molecule has 0 aliphatic carbocycles. The van der Waals surface area contributed by atoms with E-state index in [0.29, 0.717) is 9.75 Å². The fourth-order valence-corrected chi connectivity index (χ4v) is 6.62. The summed E-state index contributed by atoms with van der Waals surface area (Å²) >= 11 is 2.61. The standard InChI is InChI=1S/C24H24N2O8S2/c1-23(13-9-7-11-35-13)15(19(27)31-3)17(21(29)33-5)26-24(2,14-10-8-12-36-14)16(20(28)32-4)18(25(23)26)22(30)34-6/h7-12H,1-6H3. The molecule has 0 bridgehead atoms. The van der Waals surface area contributed by atoms with Gasteiger partial charge in [0.05, 0.1) is 28.4 Å². The molecule has 0 amide bonds. The molecule has 36 heavy (non-hydrogen) atoms. The second-order valence-electron chi connectivity index (χ2n) is 8.14. The number of nitrogens with zero attached hydrogens (tertiary/aromatic N) is 2. The van der Waals surface area contributed by atoms with Gasteiger partial charge in [-0.2, -0.15) is 0 Å². The molecule has 2 aromatic heterocycles. The quantitative estimate of drug-likeness (QED) is 0.407. The molecule has 0 radical (unpaired) electrons. The van der Waals surface area contributed by atoms with Crippen molar-refractivity contribution in [2.24, 2.45) is 0 Å². The molecule has 2 aliphatic heterocycles. The molecule has 0 aromatic carbocycles. The average Bonchev–Trinajstić information content (AvgIpc) is 3.68. The summed E-state index contributed by atoms with van der Waals surface area (Å²) in [7, 11) is 4.77. The van der Waals surface area contributed by atoms with Crippen molar-refractivity contribution < 1.29 is 38.1 Å². The van der Waals surface area contributed by atoms with Crippen LogP contribution in [0.4, 0.5) is 0 Å². The summed E-state index contributed by atoms with van der Waals surface area (Å²) in [5.74, 6) is -3.28. The maximum absolute atomic E-state index is 13.4. The van der Waals surface area contributed by atoms with Crippen LogP contribution in [-0.2, 0) is 49.2 Å². The van der Waals surface area contributed by atoms with Crippen molar-refractivity contribution in [1.29, 1.82) is 0 Å². The zero-order valence-corrected chi connectivity index (χ0v) is 22.1. The molecule has 4 heterocycles. The van der Waals surface area contributed by atoms with Gasteiger partial charge < -0.3 is 18.9 Å². The lowest BCUT2D eigenvalue weighted by Crippen LogP contribution is -2.52. The monoisotopic (exact) mass is 532 g/mol. The maximum Gasteiger partial charge on any atom is 0.356 e. The van der Waals surface area contributed by atoms with Crippen molar-refractivity contribution in [3.63, 3.8) is 0 Å². The van der Waals surface area contributed by atoms with E-state index in [2.05, 4.69) is 0 Å². The summed E-state index contributed by atoms with van der Waals surface area (Å²) in [5, 5.41) is 6.50. The van der Waals surface area contributed by atoms with Crippen LogP contribution in [0.25, 0.3) is 0 Å². The second-order valence-corrected chi connectivity index (χ2v) is 10.0. The highest BCUT2D eigenvalue weighted by atomic mass is 32.1. The van der Waals surface area contributed by atoms with Crippen molar-refractivity contribution in [3.8, 4) is 0 Å². The van der Waals surface area contributed by atoms with Gasteiger partial charge in [0, 0.05) is 9.75 Å². The Morgan fingerprint density at radius 2 is 0.972 bits per heavy atom. The molecule has 2 aliphatic rings. The first-order chi connectivity index (χ1) is 17.1. The van der Waals surface area contributed by atoms with Gasteiger partial charge in [0.1, 0.15) is 22.2 Å². The third kappa shape index (κ3) is 3.21. The van der Waals surface area contributed by atoms with Gasteiger partial charge in [0.2, 0.25) is 0 Å². The predicted molar refractivity (Wildman–Crippen MR) is 129 cm³/mol. The molecule has 0 N–H and O–H groups in total. The smallest absolute Gasteiger partial charge is 0.356 e. The van der Waals surface area contributed by atoms with Crippen LogP contribution in [0.2, 0.25) is 0 Å². The fraction of sp³-hybridized carbons (Fsp3) is 0.333. The van der Waals surface area contributed by atoms with E-state index in [4.69, 9.17) is 18.9 Å². The van der Waals surface area contributed by atoms with Crippen molar-refractivity contribution in [2.45, 2.75) is 24.9 Å². The zero-order chi connectivity index (χ0) is 26.4. The van der Waals surface area contributed by atoms with E-state index >= 15 is 0 Å². The third-order valence-corrected chi connectivity index (χ3v) is 8.62. The van der Waals surface area contributed by atoms with Crippen LogP contribution < -0.4 is 0 Å². The van der Waals surface area contributed by atoms with Gasteiger partial charge in [-0.15, -0.1) is 22.7 Å². The van der Waals surface area contributed by atoms with E-state index in [1.54, 1.807) is 48.9 Å². The molecule has 190 valence electrons.